The zero-order valence-electron chi connectivity index (χ0n) is 14.5. The fraction of sp³-hybridized carbons (Fsp3) is 0.778. The number of likely N-dealkylation sites (tertiary alicyclic amines) is 1. The van der Waals surface area contributed by atoms with Gasteiger partial charge in [-0.15, -0.1) is 0 Å². The first kappa shape index (κ1) is 17.0. The second kappa shape index (κ2) is 6.43. The van der Waals surface area contributed by atoms with E-state index < -0.39 is 0 Å². The van der Waals surface area contributed by atoms with E-state index >= 15 is 0 Å². The van der Waals surface area contributed by atoms with Crippen LogP contribution in [0, 0.1) is 23.2 Å². The van der Waals surface area contributed by atoms with E-state index in [9.17, 15) is 9.59 Å². The Kier molecular flexibility index (Phi) is 4.98. The lowest BCUT2D eigenvalue weighted by atomic mass is 9.97. The van der Waals surface area contributed by atoms with Crippen molar-refractivity contribution in [2.75, 3.05) is 19.7 Å². The summed E-state index contributed by atoms with van der Waals surface area (Å²) in [5.41, 5.74) is 1.29. The highest BCUT2D eigenvalue weighted by Crippen LogP contribution is 2.60. The number of nitrogens with zero attached hydrogens (tertiary/aromatic N) is 1. The minimum absolute atomic E-state index is 0.0330. The van der Waals surface area contributed by atoms with Gasteiger partial charge in [-0.25, -0.2) is 0 Å². The van der Waals surface area contributed by atoms with E-state index in [0.29, 0.717) is 19.1 Å². The summed E-state index contributed by atoms with van der Waals surface area (Å²) < 4.78 is 5.11. The SMILES string of the molecule is CCOC(=O)C1CCCN(C(=O)C2C(C=C(C)C)C2(C)C)C1. The lowest BCUT2D eigenvalue weighted by molar-refractivity contribution is -0.151. The van der Waals surface area contributed by atoms with Gasteiger partial charge in [-0.3, -0.25) is 9.59 Å². The number of allylic oxidation sites excluding steroid dienone is 2. The maximum Gasteiger partial charge on any atom is 0.310 e. The Bertz CT molecular complexity index is 477. The summed E-state index contributed by atoms with van der Waals surface area (Å²) in [6.07, 6.45) is 3.93. The highest BCUT2D eigenvalue weighted by Gasteiger charge is 2.61. The topological polar surface area (TPSA) is 46.6 Å². The number of carbonyl (C=O) groups excluding carboxylic acids is 2. The molecule has 3 atom stereocenters. The number of ether oxygens (including phenoxy) is 1. The monoisotopic (exact) mass is 307 g/mol. The van der Waals surface area contributed by atoms with Crippen LogP contribution < -0.4 is 0 Å². The third-order valence-electron chi connectivity index (χ3n) is 5.04. The first-order valence-corrected chi connectivity index (χ1v) is 8.39. The first-order chi connectivity index (χ1) is 10.3. The Labute approximate surface area is 133 Å². The Morgan fingerprint density at radius 3 is 2.59 bits per heavy atom. The maximum atomic E-state index is 12.8. The second-order valence-corrected chi connectivity index (χ2v) is 7.44. The van der Waals surface area contributed by atoms with Crippen LogP contribution in [-0.4, -0.2) is 36.5 Å². The number of rotatable bonds is 4. The Morgan fingerprint density at radius 2 is 2.00 bits per heavy atom. The van der Waals surface area contributed by atoms with Gasteiger partial charge in [-0.2, -0.15) is 0 Å². The molecular formula is C18H29NO3. The third-order valence-corrected chi connectivity index (χ3v) is 5.04. The molecule has 1 aliphatic carbocycles. The van der Waals surface area contributed by atoms with Gasteiger partial charge in [-0.1, -0.05) is 25.5 Å². The molecule has 4 heteroatoms. The Hall–Kier alpha value is -1.32. The first-order valence-electron chi connectivity index (χ1n) is 8.39. The van der Waals surface area contributed by atoms with Crippen molar-refractivity contribution in [3.05, 3.63) is 11.6 Å². The molecule has 0 radical (unpaired) electrons. The third kappa shape index (κ3) is 3.36. The van der Waals surface area contributed by atoms with Crippen LogP contribution >= 0.6 is 0 Å². The highest BCUT2D eigenvalue weighted by atomic mass is 16.5. The summed E-state index contributed by atoms with van der Waals surface area (Å²) >= 11 is 0. The lowest BCUT2D eigenvalue weighted by Crippen LogP contribution is -2.44. The van der Waals surface area contributed by atoms with Crippen LogP contribution in [0.4, 0.5) is 0 Å². The fourth-order valence-corrected chi connectivity index (χ4v) is 3.65. The molecule has 4 nitrogen and oxygen atoms in total. The number of hydrogen-bond donors (Lipinski definition) is 0. The van der Waals surface area contributed by atoms with Crippen molar-refractivity contribution in [1.82, 2.24) is 4.90 Å². The standard InChI is InChI=1S/C18H29NO3/c1-6-22-17(21)13-8-7-9-19(11-13)16(20)15-14(10-12(2)3)18(15,4)5/h10,13-15H,6-9,11H2,1-5H3. The molecule has 2 rings (SSSR count). The summed E-state index contributed by atoms with van der Waals surface area (Å²) in [6.45, 7) is 12.0. The predicted molar refractivity (Wildman–Crippen MR) is 86.1 cm³/mol. The smallest absolute Gasteiger partial charge is 0.310 e. The van der Waals surface area contributed by atoms with Gasteiger partial charge in [0.05, 0.1) is 18.4 Å². The van der Waals surface area contributed by atoms with E-state index in [-0.39, 0.29) is 29.1 Å². The summed E-state index contributed by atoms with van der Waals surface area (Å²) in [4.78, 5) is 26.6. The van der Waals surface area contributed by atoms with Crippen LogP contribution in [0.2, 0.25) is 0 Å². The van der Waals surface area contributed by atoms with Crippen LogP contribution in [0.3, 0.4) is 0 Å². The number of esters is 1. The molecule has 1 aliphatic heterocycles. The van der Waals surface area contributed by atoms with E-state index in [1.54, 1.807) is 0 Å². The molecule has 0 aromatic heterocycles. The summed E-state index contributed by atoms with van der Waals surface area (Å²) in [5, 5.41) is 0. The van der Waals surface area contributed by atoms with Crippen LogP contribution in [0.5, 0.6) is 0 Å². The van der Waals surface area contributed by atoms with Crippen LogP contribution in [0.15, 0.2) is 11.6 Å². The molecule has 1 amide bonds. The van der Waals surface area contributed by atoms with Crippen molar-refractivity contribution in [3.8, 4) is 0 Å². The zero-order valence-corrected chi connectivity index (χ0v) is 14.5. The van der Waals surface area contributed by atoms with Gasteiger partial charge in [0.15, 0.2) is 0 Å². The van der Waals surface area contributed by atoms with Gasteiger partial charge < -0.3 is 9.64 Å². The van der Waals surface area contributed by atoms with E-state index in [1.165, 1.54) is 5.57 Å². The van der Waals surface area contributed by atoms with Crippen LogP contribution in [-0.2, 0) is 14.3 Å². The van der Waals surface area contributed by atoms with E-state index in [4.69, 9.17) is 4.74 Å². The Morgan fingerprint density at radius 1 is 1.32 bits per heavy atom. The molecule has 0 aromatic rings. The number of amides is 1. The summed E-state index contributed by atoms with van der Waals surface area (Å²) in [7, 11) is 0. The van der Waals surface area contributed by atoms with E-state index in [0.717, 1.165) is 19.4 Å². The fourth-order valence-electron chi connectivity index (χ4n) is 3.65. The minimum atomic E-state index is -0.157. The molecule has 2 fully saturated rings. The highest BCUT2D eigenvalue weighted by molar-refractivity contribution is 5.84. The molecule has 0 N–H and O–H groups in total. The summed E-state index contributed by atoms with van der Waals surface area (Å²) in [5.74, 6) is 0.287. The predicted octanol–water partition coefficient (Wildman–Crippen LogP) is 3.03. The maximum absolute atomic E-state index is 12.8. The van der Waals surface area contributed by atoms with Crippen molar-refractivity contribution in [2.24, 2.45) is 23.2 Å². The quantitative estimate of drug-likeness (QED) is 0.592. The zero-order chi connectivity index (χ0) is 16.5. The van der Waals surface area contributed by atoms with E-state index in [1.807, 2.05) is 11.8 Å². The average Bonchev–Trinajstić information content (AvgIpc) is 2.98. The normalized spacial score (nSPS) is 29.7. The molecule has 1 saturated carbocycles. The molecule has 0 bridgehead atoms. The lowest BCUT2D eigenvalue weighted by Gasteiger charge is -2.32. The van der Waals surface area contributed by atoms with Crippen molar-refractivity contribution >= 4 is 11.9 Å². The largest absolute Gasteiger partial charge is 0.466 e. The molecule has 2 aliphatic rings. The second-order valence-electron chi connectivity index (χ2n) is 7.44. The average molecular weight is 307 g/mol. The number of carbonyl (C=O) groups is 2. The van der Waals surface area contributed by atoms with Crippen molar-refractivity contribution in [3.63, 3.8) is 0 Å². The molecule has 1 saturated heterocycles. The Balaban J connectivity index is 2.01. The van der Waals surface area contributed by atoms with Crippen LogP contribution in [0.1, 0.15) is 47.5 Å². The molecule has 3 unspecified atom stereocenters. The van der Waals surface area contributed by atoms with Crippen molar-refractivity contribution in [1.29, 1.82) is 0 Å². The van der Waals surface area contributed by atoms with Crippen molar-refractivity contribution < 1.29 is 14.3 Å². The molecular weight excluding hydrogens is 278 g/mol. The molecule has 124 valence electrons. The van der Waals surface area contributed by atoms with Crippen molar-refractivity contribution in [2.45, 2.75) is 47.5 Å². The molecule has 22 heavy (non-hydrogen) atoms. The van der Waals surface area contributed by atoms with Gasteiger partial charge in [0.1, 0.15) is 0 Å². The minimum Gasteiger partial charge on any atom is -0.466 e. The number of piperidine rings is 1. The van der Waals surface area contributed by atoms with Gasteiger partial charge in [0.25, 0.3) is 0 Å². The van der Waals surface area contributed by atoms with Gasteiger partial charge in [-0.05, 0) is 44.9 Å². The number of hydrogen-bond acceptors (Lipinski definition) is 3. The van der Waals surface area contributed by atoms with Gasteiger partial charge >= 0.3 is 5.97 Å². The van der Waals surface area contributed by atoms with Gasteiger partial charge in [0.2, 0.25) is 5.91 Å². The molecule has 0 spiro atoms. The summed E-state index contributed by atoms with van der Waals surface area (Å²) in [6, 6.07) is 0. The molecule has 1 heterocycles. The van der Waals surface area contributed by atoms with Gasteiger partial charge in [0, 0.05) is 13.1 Å². The molecule has 0 aromatic carbocycles. The van der Waals surface area contributed by atoms with Crippen LogP contribution in [0.25, 0.3) is 0 Å². The van der Waals surface area contributed by atoms with E-state index in [2.05, 4.69) is 33.8 Å².